The van der Waals surface area contributed by atoms with Crippen molar-refractivity contribution >= 4 is 10.0 Å². The number of rotatable bonds is 5. The van der Waals surface area contributed by atoms with Gasteiger partial charge in [0, 0.05) is 33.1 Å². The lowest BCUT2D eigenvalue weighted by Crippen LogP contribution is -2.48. The van der Waals surface area contributed by atoms with Crippen molar-refractivity contribution in [2.45, 2.75) is 32.2 Å². The van der Waals surface area contributed by atoms with Crippen LogP contribution in [-0.2, 0) is 16.6 Å². The lowest BCUT2D eigenvalue weighted by Gasteiger charge is -2.33. The Labute approximate surface area is 153 Å². The Balaban J connectivity index is 1.72. The minimum atomic E-state index is -3.54. The van der Waals surface area contributed by atoms with Crippen LogP contribution in [0.5, 0.6) is 5.75 Å². The van der Waals surface area contributed by atoms with E-state index in [2.05, 4.69) is 15.1 Å². The molecular weight excluding hydrogens is 356 g/mol. The van der Waals surface area contributed by atoms with Crippen LogP contribution >= 0.6 is 0 Å². The molecule has 1 saturated heterocycles. The number of hydrogen-bond acceptors (Lipinski definition) is 7. The predicted molar refractivity (Wildman–Crippen MR) is 95.5 cm³/mol. The molecule has 2 heterocycles. The molecule has 0 aliphatic carbocycles. The molecule has 0 bridgehead atoms. The zero-order valence-corrected chi connectivity index (χ0v) is 16.3. The summed E-state index contributed by atoms with van der Waals surface area (Å²) >= 11 is 0. The Morgan fingerprint density at radius 2 is 1.69 bits per heavy atom. The van der Waals surface area contributed by atoms with Gasteiger partial charge in [-0.05, 0) is 37.1 Å². The summed E-state index contributed by atoms with van der Waals surface area (Å²) in [4.78, 5) is 2.49. The number of nitrogens with zero attached hydrogens (tertiary/aromatic N) is 4. The van der Waals surface area contributed by atoms with E-state index >= 15 is 0 Å². The molecule has 0 N–H and O–H groups in total. The fourth-order valence-electron chi connectivity index (χ4n) is 3.29. The molecular formula is C17H24N4O4S. The topological polar surface area (TPSA) is 88.8 Å². The molecule has 0 unspecified atom stereocenters. The number of benzene rings is 1. The fourth-order valence-corrected chi connectivity index (χ4v) is 5.12. The second-order valence-corrected chi connectivity index (χ2v) is 8.36. The zero-order chi connectivity index (χ0) is 18.9. The Bertz CT molecular complexity index is 863. The first-order chi connectivity index (χ1) is 12.3. The monoisotopic (exact) mass is 380 g/mol. The van der Waals surface area contributed by atoms with E-state index in [1.165, 1.54) is 0 Å². The standard InChI is InChI=1S/C17H24N4O4S/c1-12-9-15(24-4)10-13(2)17(12)26(22,23)21-7-5-20(6-8-21)11-16-19-18-14(3)25-16/h9-10H,5-8,11H2,1-4H3. The number of ether oxygens (including phenoxy) is 1. The zero-order valence-electron chi connectivity index (χ0n) is 15.5. The highest BCUT2D eigenvalue weighted by Crippen LogP contribution is 2.28. The van der Waals surface area contributed by atoms with Crippen LogP contribution in [0.4, 0.5) is 0 Å². The van der Waals surface area contributed by atoms with Crippen LogP contribution in [0, 0.1) is 20.8 Å². The van der Waals surface area contributed by atoms with Crippen molar-refractivity contribution in [3.63, 3.8) is 0 Å². The van der Waals surface area contributed by atoms with Gasteiger partial charge >= 0.3 is 0 Å². The summed E-state index contributed by atoms with van der Waals surface area (Å²) < 4.78 is 38.4. The van der Waals surface area contributed by atoms with Crippen LogP contribution in [0.25, 0.3) is 0 Å². The quantitative estimate of drug-likeness (QED) is 0.777. The van der Waals surface area contributed by atoms with Gasteiger partial charge in [0.1, 0.15) is 5.75 Å². The lowest BCUT2D eigenvalue weighted by molar-refractivity contribution is 0.167. The third-order valence-electron chi connectivity index (χ3n) is 4.53. The van der Waals surface area contributed by atoms with Gasteiger partial charge in [-0.25, -0.2) is 8.42 Å². The second kappa shape index (κ2) is 7.34. The molecule has 142 valence electrons. The SMILES string of the molecule is COc1cc(C)c(S(=O)(=O)N2CCN(Cc3nnc(C)o3)CC2)c(C)c1. The van der Waals surface area contributed by atoms with Gasteiger partial charge in [-0.15, -0.1) is 10.2 Å². The molecule has 1 aromatic heterocycles. The Morgan fingerprint density at radius 1 is 1.08 bits per heavy atom. The van der Waals surface area contributed by atoms with E-state index in [4.69, 9.17) is 9.15 Å². The molecule has 0 spiro atoms. The molecule has 0 saturated carbocycles. The summed E-state index contributed by atoms with van der Waals surface area (Å²) in [5.41, 5.74) is 1.40. The smallest absolute Gasteiger partial charge is 0.243 e. The summed E-state index contributed by atoms with van der Waals surface area (Å²) in [6, 6.07) is 3.52. The van der Waals surface area contributed by atoms with E-state index in [1.54, 1.807) is 44.3 Å². The summed E-state index contributed by atoms with van der Waals surface area (Å²) in [6.07, 6.45) is 0. The molecule has 3 rings (SSSR count). The summed E-state index contributed by atoms with van der Waals surface area (Å²) in [7, 11) is -1.96. The van der Waals surface area contributed by atoms with Gasteiger partial charge in [-0.1, -0.05) is 0 Å². The average Bonchev–Trinajstić information content (AvgIpc) is 2.99. The van der Waals surface area contributed by atoms with Crippen LogP contribution < -0.4 is 4.74 Å². The van der Waals surface area contributed by atoms with Crippen molar-refractivity contribution in [1.82, 2.24) is 19.4 Å². The van der Waals surface area contributed by atoms with Gasteiger partial charge in [0.15, 0.2) is 0 Å². The van der Waals surface area contributed by atoms with Crippen LogP contribution in [0.2, 0.25) is 0 Å². The van der Waals surface area contributed by atoms with E-state index in [-0.39, 0.29) is 0 Å². The first kappa shape index (κ1) is 18.8. The highest BCUT2D eigenvalue weighted by atomic mass is 32.2. The maximum atomic E-state index is 13.1. The number of aromatic nitrogens is 2. The minimum absolute atomic E-state index is 0.374. The van der Waals surface area contributed by atoms with Crippen molar-refractivity contribution in [2.75, 3.05) is 33.3 Å². The molecule has 0 radical (unpaired) electrons. The van der Waals surface area contributed by atoms with Gasteiger partial charge in [0.25, 0.3) is 0 Å². The molecule has 0 amide bonds. The molecule has 26 heavy (non-hydrogen) atoms. The fraction of sp³-hybridized carbons (Fsp3) is 0.529. The van der Waals surface area contributed by atoms with Crippen LogP contribution in [0.15, 0.2) is 21.4 Å². The number of aryl methyl sites for hydroxylation is 3. The molecule has 1 aromatic carbocycles. The highest BCUT2D eigenvalue weighted by molar-refractivity contribution is 7.89. The largest absolute Gasteiger partial charge is 0.497 e. The van der Waals surface area contributed by atoms with Gasteiger partial charge in [0.05, 0.1) is 18.6 Å². The van der Waals surface area contributed by atoms with Crippen LogP contribution in [-0.4, -0.2) is 61.1 Å². The Hall–Kier alpha value is -1.97. The third kappa shape index (κ3) is 3.74. The third-order valence-corrected chi connectivity index (χ3v) is 6.73. The van der Waals surface area contributed by atoms with Crippen molar-refractivity contribution in [2.24, 2.45) is 0 Å². The number of piperazine rings is 1. The second-order valence-electron chi connectivity index (χ2n) is 6.49. The number of sulfonamides is 1. The van der Waals surface area contributed by atoms with E-state index in [0.717, 1.165) is 0 Å². The van der Waals surface area contributed by atoms with E-state index < -0.39 is 10.0 Å². The average molecular weight is 380 g/mol. The first-order valence-electron chi connectivity index (χ1n) is 8.48. The molecule has 1 aliphatic rings. The first-order valence-corrected chi connectivity index (χ1v) is 9.92. The molecule has 2 aromatic rings. The van der Waals surface area contributed by atoms with Gasteiger partial charge in [-0.2, -0.15) is 4.31 Å². The van der Waals surface area contributed by atoms with Crippen molar-refractivity contribution in [3.05, 3.63) is 35.0 Å². The van der Waals surface area contributed by atoms with Gasteiger partial charge < -0.3 is 9.15 Å². The van der Waals surface area contributed by atoms with Gasteiger partial charge in [-0.3, -0.25) is 4.90 Å². The molecule has 9 heteroatoms. The molecule has 1 fully saturated rings. The van der Waals surface area contributed by atoms with E-state index in [1.807, 2.05) is 0 Å². The van der Waals surface area contributed by atoms with E-state index in [0.29, 0.717) is 66.3 Å². The normalized spacial score (nSPS) is 16.8. The Kier molecular flexibility index (Phi) is 5.31. The molecule has 0 atom stereocenters. The summed E-state index contributed by atoms with van der Waals surface area (Å²) in [6.45, 7) is 7.99. The van der Waals surface area contributed by atoms with E-state index in [9.17, 15) is 8.42 Å². The highest BCUT2D eigenvalue weighted by Gasteiger charge is 2.31. The molecule has 8 nitrogen and oxygen atoms in total. The lowest BCUT2D eigenvalue weighted by atomic mass is 10.1. The van der Waals surface area contributed by atoms with Crippen LogP contribution in [0.1, 0.15) is 22.9 Å². The minimum Gasteiger partial charge on any atom is -0.497 e. The maximum absolute atomic E-state index is 13.1. The van der Waals surface area contributed by atoms with Gasteiger partial charge in [0.2, 0.25) is 21.8 Å². The van der Waals surface area contributed by atoms with Crippen molar-refractivity contribution < 1.29 is 17.6 Å². The maximum Gasteiger partial charge on any atom is 0.243 e. The van der Waals surface area contributed by atoms with Crippen molar-refractivity contribution in [1.29, 1.82) is 0 Å². The predicted octanol–water partition coefficient (Wildman–Crippen LogP) is 1.51. The number of hydrogen-bond donors (Lipinski definition) is 0. The summed E-state index contributed by atoms with van der Waals surface area (Å²) in [5, 5.41) is 7.81. The molecule has 1 aliphatic heterocycles. The number of methoxy groups -OCH3 is 1. The van der Waals surface area contributed by atoms with Crippen LogP contribution in [0.3, 0.4) is 0 Å². The Morgan fingerprint density at radius 3 is 2.19 bits per heavy atom. The summed E-state index contributed by atoms with van der Waals surface area (Å²) in [5.74, 6) is 1.76. The van der Waals surface area contributed by atoms with Crippen molar-refractivity contribution in [3.8, 4) is 5.75 Å².